The monoisotopic (exact) mass is 346 g/mol. The summed E-state index contributed by atoms with van der Waals surface area (Å²) in [4.78, 5) is 11.0. The van der Waals surface area contributed by atoms with E-state index in [0.717, 1.165) is 11.8 Å². The van der Waals surface area contributed by atoms with Gasteiger partial charge in [-0.1, -0.05) is 6.07 Å². The van der Waals surface area contributed by atoms with E-state index in [1.165, 1.54) is 25.6 Å². The minimum atomic E-state index is -3.43. The molecule has 0 bridgehead atoms. The molecule has 0 aliphatic heterocycles. The molecule has 1 amide bonds. The van der Waals surface area contributed by atoms with E-state index in [1.807, 2.05) is 0 Å². The van der Waals surface area contributed by atoms with Crippen LogP contribution < -0.4 is 14.8 Å². The molecule has 1 aromatic rings. The minimum Gasteiger partial charge on any atom is -0.493 e. The second-order valence-corrected chi connectivity index (χ2v) is 6.69. The average Bonchev–Trinajstić information content (AvgIpc) is 2.52. The van der Waals surface area contributed by atoms with Gasteiger partial charge in [-0.15, -0.1) is 0 Å². The predicted molar refractivity (Wildman–Crippen MR) is 85.2 cm³/mol. The molecule has 23 heavy (non-hydrogen) atoms. The van der Waals surface area contributed by atoms with Crippen molar-refractivity contribution in [2.45, 2.75) is 6.54 Å². The molecule has 1 N–H and O–H groups in total. The van der Waals surface area contributed by atoms with Gasteiger partial charge in [0.25, 0.3) is 0 Å². The second-order valence-electron chi connectivity index (χ2n) is 4.70. The summed E-state index contributed by atoms with van der Waals surface area (Å²) < 4.78 is 39.8. The zero-order chi connectivity index (χ0) is 17.5. The zero-order valence-corrected chi connectivity index (χ0v) is 14.5. The van der Waals surface area contributed by atoms with E-state index in [1.54, 1.807) is 18.2 Å². The molecule has 0 unspecified atom stereocenters. The zero-order valence-electron chi connectivity index (χ0n) is 13.7. The molecule has 0 spiro atoms. The second kappa shape index (κ2) is 8.59. The van der Waals surface area contributed by atoms with Gasteiger partial charge >= 0.3 is 6.09 Å². The molecular weight excluding hydrogens is 324 g/mol. The van der Waals surface area contributed by atoms with Crippen molar-refractivity contribution in [2.75, 3.05) is 40.7 Å². The molecule has 9 heteroatoms. The topological polar surface area (TPSA) is 94.2 Å². The van der Waals surface area contributed by atoms with E-state index in [4.69, 9.17) is 9.47 Å². The molecule has 0 aliphatic rings. The Bertz CT molecular complexity index is 632. The first-order valence-corrected chi connectivity index (χ1v) is 8.64. The molecule has 0 aromatic heterocycles. The number of carbonyl (C=O) groups is 1. The lowest BCUT2D eigenvalue weighted by Crippen LogP contribution is -2.37. The van der Waals surface area contributed by atoms with Crippen molar-refractivity contribution in [2.24, 2.45) is 0 Å². The summed E-state index contributed by atoms with van der Waals surface area (Å²) in [6.07, 6.45) is 0.510. The predicted octanol–water partition coefficient (Wildman–Crippen LogP) is 0.821. The highest BCUT2D eigenvalue weighted by molar-refractivity contribution is 7.88. The van der Waals surface area contributed by atoms with E-state index in [2.05, 4.69) is 10.1 Å². The first-order chi connectivity index (χ1) is 10.8. The number of methoxy groups -OCH3 is 3. The standard InChI is InChI=1S/C14H22N2O6S/c1-20-12-6-5-11(9-13(12)21-2)10-16(23(4,18)19)8-7-15-14(17)22-3/h5-6,9H,7-8,10H2,1-4H3,(H,15,17). The van der Waals surface area contributed by atoms with Crippen LogP contribution in [0.3, 0.4) is 0 Å². The molecule has 0 radical (unpaired) electrons. The molecule has 0 heterocycles. The smallest absolute Gasteiger partial charge is 0.406 e. The lowest BCUT2D eigenvalue weighted by atomic mass is 10.2. The largest absolute Gasteiger partial charge is 0.493 e. The van der Waals surface area contributed by atoms with Crippen LogP contribution in [-0.4, -0.2) is 59.5 Å². The maximum absolute atomic E-state index is 11.9. The Labute approximate surface area is 136 Å². The average molecular weight is 346 g/mol. The van der Waals surface area contributed by atoms with Gasteiger partial charge in [-0.2, -0.15) is 4.31 Å². The fourth-order valence-electron chi connectivity index (χ4n) is 1.90. The van der Waals surface area contributed by atoms with E-state index < -0.39 is 16.1 Å². The summed E-state index contributed by atoms with van der Waals surface area (Å²) in [5, 5.41) is 2.45. The number of benzene rings is 1. The molecule has 0 saturated heterocycles. The first-order valence-electron chi connectivity index (χ1n) is 6.79. The van der Waals surface area contributed by atoms with Crippen molar-refractivity contribution in [3.63, 3.8) is 0 Å². The maximum Gasteiger partial charge on any atom is 0.406 e. The van der Waals surface area contributed by atoms with Crippen LogP contribution in [0.1, 0.15) is 5.56 Å². The van der Waals surface area contributed by atoms with E-state index in [9.17, 15) is 13.2 Å². The van der Waals surface area contributed by atoms with Crippen LogP contribution in [0.2, 0.25) is 0 Å². The molecule has 130 valence electrons. The van der Waals surface area contributed by atoms with Crippen molar-refractivity contribution >= 4 is 16.1 Å². The van der Waals surface area contributed by atoms with Crippen molar-refractivity contribution in [1.82, 2.24) is 9.62 Å². The first kappa shape index (κ1) is 19.0. The fourth-order valence-corrected chi connectivity index (χ4v) is 2.71. The lowest BCUT2D eigenvalue weighted by Gasteiger charge is -2.20. The molecule has 0 aliphatic carbocycles. The number of hydrogen-bond acceptors (Lipinski definition) is 6. The van der Waals surface area contributed by atoms with Gasteiger partial charge in [-0.3, -0.25) is 0 Å². The third-order valence-corrected chi connectivity index (χ3v) is 4.34. The summed E-state index contributed by atoms with van der Waals surface area (Å²) >= 11 is 0. The highest BCUT2D eigenvalue weighted by atomic mass is 32.2. The third kappa shape index (κ3) is 5.95. The molecule has 1 aromatic carbocycles. The Balaban J connectivity index is 2.83. The molecule has 0 fully saturated rings. The van der Waals surface area contributed by atoms with Gasteiger partial charge in [0.05, 0.1) is 27.6 Å². The van der Waals surface area contributed by atoms with Crippen molar-refractivity contribution < 1.29 is 27.4 Å². The van der Waals surface area contributed by atoms with Crippen LogP contribution >= 0.6 is 0 Å². The van der Waals surface area contributed by atoms with E-state index in [-0.39, 0.29) is 19.6 Å². The number of amides is 1. The Hall–Kier alpha value is -2.00. The quantitative estimate of drug-likeness (QED) is 0.749. The van der Waals surface area contributed by atoms with Crippen molar-refractivity contribution in [3.05, 3.63) is 23.8 Å². The number of hydrogen-bond donors (Lipinski definition) is 1. The van der Waals surface area contributed by atoms with E-state index >= 15 is 0 Å². The number of nitrogens with zero attached hydrogens (tertiary/aromatic N) is 1. The maximum atomic E-state index is 11.9. The summed E-state index contributed by atoms with van der Waals surface area (Å²) in [5.41, 5.74) is 0.742. The number of ether oxygens (including phenoxy) is 3. The van der Waals surface area contributed by atoms with Gasteiger partial charge in [0, 0.05) is 19.6 Å². The van der Waals surface area contributed by atoms with Crippen LogP contribution in [0, 0.1) is 0 Å². The number of sulfonamides is 1. The molecule has 8 nitrogen and oxygen atoms in total. The summed E-state index contributed by atoms with van der Waals surface area (Å²) in [7, 11) is 0.846. The summed E-state index contributed by atoms with van der Waals surface area (Å²) in [6, 6.07) is 5.18. The van der Waals surface area contributed by atoms with Crippen LogP contribution in [0.15, 0.2) is 18.2 Å². The van der Waals surface area contributed by atoms with Crippen molar-refractivity contribution in [1.29, 1.82) is 0 Å². The Morgan fingerprint density at radius 3 is 2.35 bits per heavy atom. The van der Waals surface area contributed by atoms with Gasteiger partial charge < -0.3 is 19.5 Å². The Morgan fingerprint density at radius 2 is 1.83 bits per heavy atom. The summed E-state index contributed by atoms with van der Waals surface area (Å²) in [5.74, 6) is 1.08. The molecule has 1 rings (SSSR count). The van der Waals surface area contributed by atoms with Gasteiger partial charge in [-0.05, 0) is 17.7 Å². The lowest BCUT2D eigenvalue weighted by molar-refractivity contribution is 0.170. The third-order valence-electron chi connectivity index (χ3n) is 3.09. The number of rotatable bonds is 8. The Morgan fingerprint density at radius 1 is 1.17 bits per heavy atom. The summed E-state index contributed by atoms with van der Waals surface area (Å²) in [6.45, 7) is 0.428. The Kier molecular flexibility index (Phi) is 7.11. The van der Waals surface area contributed by atoms with Gasteiger partial charge in [-0.25, -0.2) is 13.2 Å². The molecule has 0 saturated carbocycles. The normalized spacial score (nSPS) is 11.2. The van der Waals surface area contributed by atoms with Crippen LogP contribution in [-0.2, 0) is 21.3 Å². The fraction of sp³-hybridized carbons (Fsp3) is 0.500. The minimum absolute atomic E-state index is 0.127. The number of carbonyl (C=O) groups excluding carboxylic acids is 1. The number of alkyl carbamates (subject to hydrolysis) is 1. The molecular formula is C14H22N2O6S. The van der Waals surface area contributed by atoms with Crippen molar-refractivity contribution in [3.8, 4) is 11.5 Å². The van der Waals surface area contributed by atoms with Crippen LogP contribution in [0.4, 0.5) is 4.79 Å². The van der Waals surface area contributed by atoms with Crippen LogP contribution in [0.5, 0.6) is 11.5 Å². The highest BCUT2D eigenvalue weighted by Gasteiger charge is 2.18. The highest BCUT2D eigenvalue weighted by Crippen LogP contribution is 2.28. The van der Waals surface area contributed by atoms with E-state index in [0.29, 0.717) is 11.5 Å². The number of nitrogens with one attached hydrogen (secondary N) is 1. The van der Waals surface area contributed by atoms with Gasteiger partial charge in [0.15, 0.2) is 11.5 Å². The van der Waals surface area contributed by atoms with Gasteiger partial charge in [0.1, 0.15) is 0 Å². The SMILES string of the molecule is COC(=O)NCCN(Cc1ccc(OC)c(OC)c1)S(C)(=O)=O. The van der Waals surface area contributed by atoms with Gasteiger partial charge in [0.2, 0.25) is 10.0 Å². The molecule has 0 atom stereocenters. The van der Waals surface area contributed by atoms with Crippen LogP contribution in [0.25, 0.3) is 0 Å².